The third kappa shape index (κ3) is 3.20. The fourth-order valence-electron chi connectivity index (χ4n) is 5.35. The van der Waals surface area contributed by atoms with Crippen LogP contribution in [0.2, 0.25) is 0 Å². The zero-order valence-electron chi connectivity index (χ0n) is 16.8. The smallest absolute Gasteiger partial charge is 0.321 e. The van der Waals surface area contributed by atoms with Crippen molar-refractivity contribution in [1.29, 1.82) is 0 Å². The van der Waals surface area contributed by atoms with E-state index in [1.165, 1.54) is 19.3 Å². The van der Waals surface area contributed by atoms with Gasteiger partial charge in [0.15, 0.2) is 0 Å². The van der Waals surface area contributed by atoms with Crippen LogP contribution in [0, 0.1) is 18.3 Å². The number of carboxylic acid groups (broad SMARTS) is 1. The normalized spacial score (nSPS) is 29.6. The first-order valence-corrected chi connectivity index (χ1v) is 10.4. The van der Waals surface area contributed by atoms with Crippen molar-refractivity contribution in [2.75, 3.05) is 29.9 Å². The summed E-state index contributed by atoms with van der Waals surface area (Å²) >= 11 is 0. The Morgan fingerprint density at radius 1 is 1.29 bits per heavy atom. The molecule has 4 rings (SSSR count). The van der Waals surface area contributed by atoms with Crippen LogP contribution in [0.25, 0.3) is 0 Å². The number of hydrogen-bond donors (Lipinski definition) is 2. The molecular formula is C21H30N4O3. The Labute approximate surface area is 166 Å². The van der Waals surface area contributed by atoms with Crippen LogP contribution in [0.1, 0.15) is 51.0 Å². The summed E-state index contributed by atoms with van der Waals surface area (Å²) in [7, 11) is 0. The van der Waals surface area contributed by atoms with Crippen molar-refractivity contribution in [2.24, 2.45) is 11.3 Å². The summed E-state index contributed by atoms with van der Waals surface area (Å²) in [5.41, 5.74) is 0.962. The summed E-state index contributed by atoms with van der Waals surface area (Å²) in [5.74, 6) is 0.298. The molecular weight excluding hydrogens is 356 g/mol. The van der Waals surface area contributed by atoms with E-state index in [2.05, 4.69) is 22.1 Å². The number of amides is 2. The number of anilines is 2. The van der Waals surface area contributed by atoms with Crippen molar-refractivity contribution in [1.82, 2.24) is 9.88 Å². The van der Waals surface area contributed by atoms with Crippen LogP contribution in [0.4, 0.5) is 16.3 Å². The number of likely N-dealkylation sites (tertiary alicyclic amines) is 1. The number of urea groups is 1. The summed E-state index contributed by atoms with van der Waals surface area (Å²) in [6, 6.07) is 2.22. The standard InChI is InChI=1S/C21H30N4O3/c1-14-10-17(11-22-18(14)25-9-4-3-6-15(25)2)23-20(28)24-12-16-7-5-8-21(16,13-24)19(26)27/h10-11,15-16H,3-9,12-13H2,1-2H3,(H,23,28)(H,26,27)/t15?,16-,21+/m0/s1. The SMILES string of the molecule is Cc1cc(NC(=O)N2C[C@@H]3CCC[C@@]3(C(=O)O)C2)cnc1N1CCCCC1C. The zero-order chi connectivity index (χ0) is 19.9. The van der Waals surface area contributed by atoms with E-state index in [0.717, 1.165) is 30.8 Å². The fraction of sp³-hybridized carbons (Fsp3) is 0.667. The minimum Gasteiger partial charge on any atom is -0.481 e. The molecule has 3 fully saturated rings. The van der Waals surface area contributed by atoms with Crippen molar-refractivity contribution in [3.63, 3.8) is 0 Å². The molecule has 3 heterocycles. The average Bonchev–Trinajstić information content (AvgIpc) is 3.21. The van der Waals surface area contributed by atoms with Crippen molar-refractivity contribution in [3.05, 3.63) is 17.8 Å². The number of nitrogens with one attached hydrogen (secondary N) is 1. The monoisotopic (exact) mass is 386 g/mol. The number of aryl methyl sites for hydroxylation is 1. The van der Waals surface area contributed by atoms with E-state index in [4.69, 9.17) is 0 Å². The van der Waals surface area contributed by atoms with Gasteiger partial charge in [0.25, 0.3) is 0 Å². The molecule has 0 radical (unpaired) electrons. The number of aliphatic carboxylic acids is 1. The Bertz CT molecular complexity index is 783. The van der Waals surface area contributed by atoms with E-state index in [0.29, 0.717) is 31.2 Å². The number of hydrogen-bond acceptors (Lipinski definition) is 4. The van der Waals surface area contributed by atoms with Gasteiger partial charge < -0.3 is 20.2 Å². The molecule has 7 heteroatoms. The largest absolute Gasteiger partial charge is 0.481 e. The molecule has 0 spiro atoms. The predicted molar refractivity (Wildman–Crippen MR) is 108 cm³/mol. The predicted octanol–water partition coefficient (Wildman–Crippen LogP) is 3.49. The van der Waals surface area contributed by atoms with Gasteiger partial charge in [-0.25, -0.2) is 9.78 Å². The molecule has 3 atom stereocenters. The highest BCUT2D eigenvalue weighted by molar-refractivity contribution is 5.90. The molecule has 0 aromatic carbocycles. The number of carboxylic acids is 1. The number of carbonyl (C=O) groups is 2. The molecule has 152 valence electrons. The van der Waals surface area contributed by atoms with Crippen LogP contribution in [0.3, 0.4) is 0 Å². The summed E-state index contributed by atoms with van der Waals surface area (Å²) in [4.78, 5) is 33.2. The van der Waals surface area contributed by atoms with E-state index >= 15 is 0 Å². The number of nitrogens with zero attached hydrogens (tertiary/aromatic N) is 3. The molecule has 1 aliphatic carbocycles. The molecule has 1 saturated carbocycles. The summed E-state index contributed by atoms with van der Waals surface area (Å²) < 4.78 is 0. The summed E-state index contributed by atoms with van der Waals surface area (Å²) in [5, 5.41) is 12.6. The van der Waals surface area contributed by atoms with Gasteiger partial charge in [-0.15, -0.1) is 0 Å². The second-order valence-electron chi connectivity index (χ2n) is 8.76. The van der Waals surface area contributed by atoms with E-state index in [-0.39, 0.29) is 11.9 Å². The second kappa shape index (κ2) is 7.26. The van der Waals surface area contributed by atoms with E-state index in [1.54, 1.807) is 11.1 Å². The van der Waals surface area contributed by atoms with E-state index < -0.39 is 11.4 Å². The van der Waals surface area contributed by atoms with Gasteiger partial charge in [-0.1, -0.05) is 6.42 Å². The minimum atomic E-state index is -0.761. The highest BCUT2D eigenvalue weighted by Crippen LogP contribution is 2.49. The molecule has 7 nitrogen and oxygen atoms in total. The lowest BCUT2D eigenvalue weighted by Crippen LogP contribution is -2.39. The highest BCUT2D eigenvalue weighted by Gasteiger charge is 2.55. The maximum Gasteiger partial charge on any atom is 0.321 e. The molecule has 1 unspecified atom stereocenters. The lowest BCUT2D eigenvalue weighted by Gasteiger charge is -2.35. The van der Waals surface area contributed by atoms with Gasteiger partial charge in [0, 0.05) is 25.7 Å². The zero-order valence-corrected chi connectivity index (χ0v) is 16.8. The minimum absolute atomic E-state index is 0.0681. The maximum atomic E-state index is 12.7. The number of rotatable bonds is 3. The van der Waals surface area contributed by atoms with Crippen LogP contribution < -0.4 is 10.2 Å². The Morgan fingerprint density at radius 3 is 2.79 bits per heavy atom. The molecule has 2 amide bonds. The lowest BCUT2D eigenvalue weighted by molar-refractivity contribution is -0.149. The van der Waals surface area contributed by atoms with Gasteiger partial charge in [0.2, 0.25) is 0 Å². The third-order valence-electron chi connectivity index (χ3n) is 6.96. The Kier molecular flexibility index (Phi) is 4.93. The average molecular weight is 386 g/mol. The Hall–Kier alpha value is -2.31. The van der Waals surface area contributed by atoms with Crippen LogP contribution in [-0.2, 0) is 4.79 Å². The first-order valence-electron chi connectivity index (χ1n) is 10.4. The third-order valence-corrected chi connectivity index (χ3v) is 6.96. The Morgan fingerprint density at radius 2 is 2.11 bits per heavy atom. The van der Waals surface area contributed by atoms with Gasteiger partial charge >= 0.3 is 12.0 Å². The van der Waals surface area contributed by atoms with Gasteiger partial charge in [-0.3, -0.25) is 4.79 Å². The van der Waals surface area contributed by atoms with E-state index in [9.17, 15) is 14.7 Å². The molecule has 2 aliphatic heterocycles. The molecule has 0 bridgehead atoms. The first kappa shape index (κ1) is 19.0. The van der Waals surface area contributed by atoms with Crippen LogP contribution in [0.15, 0.2) is 12.3 Å². The molecule has 1 aromatic rings. The fourth-order valence-corrected chi connectivity index (χ4v) is 5.35. The Balaban J connectivity index is 1.44. The van der Waals surface area contributed by atoms with Gasteiger partial charge in [-0.05, 0) is 63.5 Å². The first-order chi connectivity index (χ1) is 13.4. The highest BCUT2D eigenvalue weighted by atomic mass is 16.4. The number of fused-ring (bicyclic) bond motifs is 1. The molecule has 2 saturated heterocycles. The number of aromatic nitrogens is 1. The summed E-state index contributed by atoms with van der Waals surface area (Å²) in [6.45, 7) is 6.10. The van der Waals surface area contributed by atoms with Crippen LogP contribution in [-0.4, -0.2) is 52.7 Å². The number of piperidine rings is 1. The van der Waals surface area contributed by atoms with Gasteiger partial charge in [0.1, 0.15) is 5.82 Å². The maximum absolute atomic E-state index is 12.7. The molecule has 3 aliphatic rings. The number of pyridine rings is 1. The van der Waals surface area contributed by atoms with Gasteiger partial charge in [-0.2, -0.15) is 0 Å². The van der Waals surface area contributed by atoms with Crippen molar-refractivity contribution >= 4 is 23.5 Å². The van der Waals surface area contributed by atoms with Crippen molar-refractivity contribution in [2.45, 2.75) is 58.4 Å². The second-order valence-corrected chi connectivity index (χ2v) is 8.76. The van der Waals surface area contributed by atoms with Crippen LogP contribution in [0.5, 0.6) is 0 Å². The number of carbonyl (C=O) groups excluding carboxylic acids is 1. The molecule has 28 heavy (non-hydrogen) atoms. The van der Waals surface area contributed by atoms with E-state index in [1.807, 2.05) is 13.0 Å². The topological polar surface area (TPSA) is 85.8 Å². The quantitative estimate of drug-likeness (QED) is 0.831. The molecule has 1 aromatic heterocycles. The summed E-state index contributed by atoms with van der Waals surface area (Å²) in [6.07, 6.45) is 7.84. The van der Waals surface area contributed by atoms with Gasteiger partial charge in [0.05, 0.1) is 17.3 Å². The van der Waals surface area contributed by atoms with Crippen LogP contribution >= 0.6 is 0 Å². The van der Waals surface area contributed by atoms with Crippen molar-refractivity contribution in [3.8, 4) is 0 Å². The lowest BCUT2D eigenvalue weighted by atomic mass is 9.81. The molecule has 2 N–H and O–H groups in total. The van der Waals surface area contributed by atoms with Crippen molar-refractivity contribution < 1.29 is 14.7 Å².